The molecule has 1 aromatic heterocycles. The quantitative estimate of drug-likeness (QED) is 0.498. The van der Waals surface area contributed by atoms with Crippen molar-refractivity contribution in [1.29, 1.82) is 0 Å². The van der Waals surface area contributed by atoms with Gasteiger partial charge in [-0.25, -0.2) is 13.1 Å². The molecule has 4 rings (SSSR count). The topological polar surface area (TPSA) is 72.3 Å². The molecule has 9 heteroatoms. The summed E-state index contributed by atoms with van der Waals surface area (Å²) in [6.45, 7) is 6.05. The molecule has 6 nitrogen and oxygen atoms in total. The van der Waals surface area contributed by atoms with E-state index in [9.17, 15) is 13.2 Å². The predicted molar refractivity (Wildman–Crippen MR) is 126 cm³/mol. The SMILES string of the molecule is Cc1ccc(Sc2c(C)nn(C(=O)[C@@H]3CCCN3S(=O)(=O)c3ccc(Cl)cc3)c2C)cc1. The first kappa shape index (κ1) is 23.0. The van der Waals surface area contributed by atoms with Gasteiger partial charge in [0.2, 0.25) is 10.0 Å². The minimum atomic E-state index is -3.82. The van der Waals surface area contributed by atoms with Crippen LogP contribution in [0, 0.1) is 20.8 Å². The molecule has 32 heavy (non-hydrogen) atoms. The average Bonchev–Trinajstić information content (AvgIpc) is 3.36. The number of nitrogens with zero attached hydrogens (tertiary/aromatic N) is 3. The predicted octanol–water partition coefficient (Wildman–Crippen LogP) is 5.11. The van der Waals surface area contributed by atoms with Gasteiger partial charge in [0, 0.05) is 16.5 Å². The molecule has 2 heterocycles. The van der Waals surface area contributed by atoms with E-state index in [0.717, 1.165) is 15.5 Å². The Kier molecular flexibility index (Phi) is 6.49. The highest BCUT2D eigenvalue weighted by Crippen LogP contribution is 2.34. The highest BCUT2D eigenvalue weighted by Gasteiger charge is 2.41. The van der Waals surface area contributed by atoms with E-state index in [1.807, 2.05) is 45.0 Å². The van der Waals surface area contributed by atoms with Crippen LogP contribution in [0.25, 0.3) is 0 Å². The fourth-order valence-electron chi connectivity index (χ4n) is 3.87. The van der Waals surface area contributed by atoms with Crippen molar-refractivity contribution in [3.05, 3.63) is 70.5 Å². The third-order valence-electron chi connectivity index (χ3n) is 5.58. The number of aromatic nitrogens is 2. The van der Waals surface area contributed by atoms with Crippen molar-refractivity contribution in [2.24, 2.45) is 0 Å². The van der Waals surface area contributed by atoms with Gasteiger partial charge in [0.15, 0.2) is 0 Å². The van der Waals surface area contributed by atoms with Crippen LogP contribution in [0.5, 0.6) is 0 Å². The van der Waals surface area contributed by atoms with Crippen LogP contribution < -0.4 is 0 Å². The molecule has 0 amide bonds. The molecule has 1 fully saturated rings. The number of carbonyl (C=O) groups excluding carboxylic acids is 1. The van der Waals surface area contributed by atoms with Crippen molar-refractivity contribution < 1.29 is 13.2 Å². The van der Waals surface area contributed by atoms with Gasteiger partial charge in [-0.2, -0.15) is 9.40 Å². The van der Waals surface area contributed by atoms with Gasteiger partial charge in [0.1, 0.15) is 6.04 Å². The van der Waals surface area contributed by atoms with E-state index in [2.05, 4.69) is 5.10 Å². The molecular weight excluding hydrogens is 466 g/mol. The van der Waals surface area contributed by atoms with Gasteiger partial charge in [0.25, 0.3) is 5.91 Å². The van der Waals surface area contributed by atoms with Crippen LogP contribution in [0.2, 0.25) is 5.02 Å². The third kappa shape index (κ3) is 4.37. The Balaban J connectivity index is 1.62. The Bertz CT molecular complexity index is 1250. The van der Waals surface area contributed by atoms with Crippen molar-refractivity contribution >= 4 is 39.3 Å². The fourth-order valence-corrected chi connectivity index (χ4v) is 6.58. The Labute approximate surface area is 197 Å². The highest BCUT2D eigenvalue weighted by molar-refractivity contribution is 7.99. The van der Waals surface area contributed by atoms with Gasteiger partial charge in [-0.05, 0) is 70.0 Å². The number of carbonyl (C=O) groups is 1. The van der Waals surface area contributed by atoms with E-state index in [0.29, 0.717) is 30.1 Å². The number of aryl methyl sites for hydroxylation is 2. The Morgan fingerprint density at radius 1 is 1.06 bits per heavy atom. The van der Waals surface area contributed by atoms with Gasteiger partial charge in [0.05, 0.1) is 21.2 Å². The monoisotopic (exact) mass is 489 g/mol. The van der Waals surface area contributed by atoms with Crippen LogP contribution in [-0.2, 0) is 10.0 Å². The van der Waals surface area contributed by atoms with E-state index >= 15 is 0 Å². The number of benzene rings is 2. The van der Waals surface area contributed by atoms with Crippen LogP contribution in [-0.4, -0.2) is 41.0 Å². The van der Waals surface area contributed by atoms with E-state index in [1.54, 1.807) is 11.8 Å². The van der Waals surface area contributed by atoms with Gasteiger partial charge in [-0.15, -0.1) is 0 Å². The number of sulfonamides is 1. The molecule has 0 bridgehead atoms. The van der Waals surface area contributed by atoms with E-state index < -0.39 is 16.1 Å². The zero-order valence-electron chi connectivity index (χ0n) is 18.1. The number of hydrogen-bond donors (Lipinski definition) is 0. The first-order valence-corrected chi connectivity index (χ1v) is 12.9. The fraction of sp³-hybridized carbons (Fsp3) is 0.304. The van der Waals surface area contributed by atoms with Crippen LogP contribution >= 0.6 is 23.4 Å². The zero-order chi connectivity index (χ0) is 23.0. The zero-order valence-corrected chi connectivity index (χ0v) is 20.5. The lowest BCUT2D eigenvalue weighted by molar-refractivity contribution is 0.0813. The molecule has 0 aliphatic carbocycles. The van der Waals surface area contributed by atoms with Crippen molar-refractivity contribution in [3.8, 4) is 0 Å². The summed E-state index contributed by atoms with van der Waals surface area (Å²) in [6, 6.07) is 13.4. The minimum Gasteiger partial charge on any atom is -0.271 e. The number of halogens is 1. The molecule has 0 N–H and O–H groups in total. The second-order valence-electron chi connectivity index (χ2n) is 7.89. The third-order valence-corrected chi connectivity index (χ3v) is 9.06. The summed E-state index contributed by atoms with van der Waals surface area (Å²) in [5, 5.41) is 4.93. The standard InChI is InChI=1S/C23H24ClN3O3S2/c1-15-6-10-19(11-7-15)31-22-16(2)25-27(17(22)3)23(28)21-5-4-14-26(21)32(29,30)20-12-8-18(24)9-13-20/h6-13,21H,4-5,14H2,1-3H3/t21-/m0/s1. The molecular formula is C23H24ClN3O3S2. The molecule has 0 spiro atoms. The summed E-state index contributed by atoms with van der Waals surface area (Å²) < 4.78 is 29.1. The first-order valence-electron chi connectivity index (χ1n) is 10.3. The molecule has 3 aromatic rings. The molecule has 2 aromatic carbocycles. The molecule has 168 valence electrons. The van der Waals surface area contributed by atoms with Gasteiger partial charge >= 0.3 is 0 Å². The van der Waals surface area contributed by atoms with E-state index in [1.165, 1.54) is 38.8 Å². The lowest BCUT2D eigenvalue weighted by atomic mass is 10.2. The second kappa shape index (κ2) is 9.02. The molecule has 0 radical (unpaired) electrons. The number of hydrogen-bond acceptors (Lipinski definition) is 5. The summed E-state index contributed by atoms with van der Waals surface area (Å²) in [7, 11) is -3.82. The number of rotatable bonds is 5. The average molecular weight is 490 g/mol. The Morgan fingerprint density at radius 3 is 2.38 bits per heavy atom. The van der Waals surface area contributed by atoms with Crippen LogP contribution in [0.15, 0.2) is 63.2 Å². The normalized spacial score (nSPS) is 17.1. The maximum atomic E-state index is 13.4. The summed E-state index contributed by atoms with van der Waals surface area (Å²) in [6.07, 6.45) is 1.08. The lowest BCUT2D eigenvalue weighted by Crippen LogP contribution is -2.43. The molecule has 1 aliphatic heterocycles. The van der Waals surface area contributed by atoms with Gasteiger partial charge in [-0.1, -0.05) is 41.1 Å². The summed E-state index contributed by atoms with van der Waals surface area (Å²) in [5.74, 6) is -0.323. The van der Waals surface area contributed by atoms with E-state index in [4.69, 9.17) is 11.6 Å². The molecule has 1 saturated heterocycles. The van der Waals surface area contributed by atoms with Crippen molar-refractivity contribution in [2.75, 3.05) is 6.54 Å². The van der Waals surface area contributed by atoms with Crippen LogP contribution in [0.1, 0.15) is 34.6 Å². The Morgan fingerprint density at radius 2 is 1.72 bits per heavy atom. The molecule has 1 aliphatic rings. The maximum Gasteiger partial charge on any atom is 0.265 e. The molecule has 0 unspecified atom stereocenters. The van der Waals surface area contributed by atoms with Crippen molar-refractivity contribution in [2.45, 2.75) is 54.3 Å². The summed E-state index contributed by atoms with van der Waals surface area (Å²) >= 11 is 7.46. The maximum absolute atomic E-state index is 13.4. The van der Waals surface area contributed by atoms with E-state index in [-0.39, 0.29) is 10.8 Å². The smallest absolute Gasteiger partial charge is 0.265 e. The summed E-state index contributed by atoms with van der Waals surface area (Å²) in [4.78, 5) is 15.5. The summed E-state index contributed by atoms with van der Waals surface area (Å²) in [5.41, 5.74) is 2.64. The minimum absolute atomic E-state index is 0.130. The lowest BCUT2D eigenvalue weighted by Gasteiger charge is -2.23. The molecule has 1 atom stereocenters. The Hall–Kier alpha value is -2.13. The van der Waals surface area contributed by atoms with Crippen LogP contribution in [0.4, 0.5) is 0 Å². The first-order chi connectivity index (χ1) is 15.2. The van der Waals surface area contributed by atoms with Crippen molar-refractivity contribution in [1.82, 2.24) is 14.1 Å². The second-order valence-corrected chi connectivity index (χ2v) is 11.3. The largest absolute Gasteiger partial charge is 0.271 e. The highest BCUT2D eigenvalue weighted by atomic mass is 35.5. The van der Waals surface area contributed by atoms with Crippen molar-refractivity contribution in [3.63, 3.8) is 0 Å². The molecule has 0 saturated carbocycles. The van der Waals surface area contributed by atoms with Crippen LogP contribution in [0.3, 0.4) is 0 Å². The van der Waals surface area contributed by atoms with Gasteiger partial charge in [-0.3, -0.25) is 4.79 Å². The van der Waals surface area contributed by atoms with Gasteiger partial charge < -0.3 is 0 Å².